The maximum absolute atomic E-state index is 13.2. The molecule has 0 saturated carbocycles. The zero-order valence-electron chi connectivity index (χ0n) is 17.3. The average Bonchev–Trinajstić information content (AvgIpc) is 2.72. The first-order chi connectivity index (χ1) is 14.4. The Hall–Kier alpha value is -3.22. The molecule has 1 fully saturated rings. The van der Waals surface area contributed by atoms with E-state index in [1.165, 1.54) is 17.6 Å². The molecule has 1 amide bonds. The van der Waals surface area contributed by atoms with E-state index in [0.717, 1.165) is 0 Å². The number of morpholine rings is 1. The van der Waals surface area contributed by atoms with Gasteiger partial charge < -0.3 is 19.7 Å². The largest absolute Gasteiger partial charge is 0.383 e. The first-order valence-corrected chi connectivity index (χ1v) is 9.75. The molecule has 0 unspecified atom stereocenters. The third-order valence-corrected chi connectivity index (χ3v) is 4.71. The number of nitrogens with one attached hydrogen (secondary N) is 1. The Morgan fingerprint density at radius 2 is 2.13 bits per heavy atom. The lowest BCUT2D eigenvalue weighted by atomic mass is 10.1. The van der Waals surface area contributed by atoms with Crippen molar-refractivity contribution in [2.24, 2.45) is 0 Å². The number of carbonyl (C=O) groups is 1. The minimum absolute atomic E-state index is 0.0469. The van der Waals surface area contributed by atoms with Crippen LogP contribution in [0.25, 0.3) is 11.7 Å². The highest BCUT2D eigenvalue weighted by Gasteiger charge is 2.27. The number of hydrogen-bond donors (Lipinski definition) is 1. The molecular formula is C21H25N5O4. The Bertz CT molecular complexity index is 1050. The van der Waals surface area contributed by atoms with Crippen molar-refractivity contribution < 1.29 is 14.3 Å². The fourth-order valence-electron chi connectivity index (χ4n) is 3.46. The van der Waals surface area contributed by atoms with E-state index in [4.69, 9.17) is 9.47 Å². The Morgan fingerprint density at radius 3 is 2.80 bits per heavy atom. The standard InChI is InChI=1S/C21H25N5O4/c1-14-12-25(13-15(2)30-14)19-17(10-16(11-22)20(27)23-7-9-29-3)21(28)26-8-5-4-6-18(26)24-19/h4-6,8,10,14-15H,7,9,12-13H2,1-3H3,(H,23,27)/b16-10+/t14-,15+. The van der Waals surface area contributed by atoms with Gasteiger partial charge in [-0.3, -0.25) is 14.0 Å². The minimum atomic E-state index is -0.568. The van der Waals surface area contributed by atoms with Crippen LogP contribution in [0.3, 0.4) is 0 Å². The van der Waals surface area contributed by atoms with Crippen LogP contribution in [-0.2, 0) is 14.3 Å². The number of methoxy groups -OCH3 is 1. The molecular weight excluding hydrogens is 386 g/mol. The predicted octanol–water partition coefficient (Wildman–Crippen LogP) is 0.978. The highest BCUT2D eigenvalue weighted by molar-refractivity contribution is 6.02. The summed E-state index contributed by atoms with van der Waals surface area (Å²) in [5, 5.41) is 12.1. The van der Waals surface area contributed by atoms with Crippen LogP contribution >= 0.6 is 0 Å². The van der Waals surface area contributed by atoms with E-state index >= 15 is 0 Å². The molecule has 1 saturated heterocycles. The molecule has 30 heavy (non-hydrogen) atoms. The SMILES string of the molecule is COCCNC(=O)/C(C#N)=C/c1c(N2C[C@@H](C)O[C@@H](C)C2)nc2ccccn2c1=O. The fourth-order valence-corrected chi connectivity index (χ4v) is 3.46. The van der Waals surface area contributed by atoms with Crippen molar-refractivity contribution in [3.8, 4) is 6.07 Å². The summed E-state index contributed by atoms with van der Waals surface area (Å²) >= 11 is 0. The normalized spacial score (nSPS) is 19.5. The third-order valence-electron chi connectivity index (χ3n) is 4.71. The molecule has 1 aliphatic rings. The topological polar surface area (TPSA) is 109 Å². The molecule has 2 aromatic rings. The second kappa shape index (κ2) is 9.52. The maximum atomic E-state index is 13.2. The van der Waals surface area contributed by atoms with Gasteiger partial charge in [-0.1, -0.05) is 6.07 Å². The number of nitriles is 1. The average molecular weight is 411 g/mol. The number of ether oxygens (including phenoxy) is 2. The molecule has 9 heteroatoms. The molecule has 3 heterocycles. The third kappa shape index (κ3) is 4.67. The molecule has 1 N–H and O–H groups in total. The number of rotatable bonds is 6. The quantitative estimate of drug-likeness (QED) is 0.429. The number of pyridine rings is 1. The number of fused-ring (bicyclic) bond motifs is 1. The summed E-state index contributed by atoms with van der Waals surface area (Å²) < 4.78 is 12.1. The summed E-state index contributed by atoms with van der Waals surface area (Å²) in [5.41, 5.74) is 0.166. The van der Waals surface area contributed by atoms with Crippen molar-refractivity contribution in [2.45, 2.75) is 26.1 Å². The van der Waals surface area contributed by atoms with Gasteiger partial charge in [0.25, 0.3) is 11.5 Å². The van der Waals surface area contributed by atoms with Gasteiger partial charge >= 0.3 is 0 Å². The van der Waals surface area contributed by atoms with Crippen LogP contribution in [0.15, 0.2) is 34.8 Å². The van der Waals surface area contributed by atoms with Crippen LogP contribution in [-0.4, -0.2) is 60.9 Å². The van der Waals surface area contributed by atoms with Gasteiger partial charge in [-0.05, 0) is 32.1 Å². The van der Waals surface area contributed by atoms with Gasteiger partial charge in [0.1, 0.15) is 23.1 Å². The summed E-state index contributed by atoms with van der Waals surface area (Å²) in [7, 11) is 1.52. The van der Waals surface area contributed by atoms with Gasteiger partial charge in [-0.2, -0.15) is 5.26 Å². The number of amides is 1. The molecule has 0 aliphatic carbocycles. The molecule has 158 valence electrons. The summed E-state index contributed by atoms with van der Waals surface area (Å²) in [6.45, 7) is 5.57. The van der Waals surface area contributed by atoms with Gasteiger partial charge in [0, 0.05) is 32.9 Å². The second-order valence-corrected chi connectivity index (χ2v) is 7.16. The van der Waals surface area contributed by atoms with E-state index in [1.54, 1.807) is 24.4 Å². The van der Waals surface area contributed by atoms with Crippen molar-refractivity contribution in [1.82, 2.24) is 14.7 Å². The zero-order chi connectivity index (χ0) is 21.7. The van der Waals surface area contributed by atoms with E-state index in [-0.39, 0.29) is 35.4 Å². The summed E-state index contributed by atoms with van der Waals surface area (Å²) in [6.07, 6.45) is 2.83. The number of hydrogen-bond acceptors (Lipinski definition) is 7. The van der Waals surface area contributed by atoms with Gasteiger partial charge in [0.2, 0.25) is 0 Å². The number of carbonyl (C=O) groups excluding carboxylic acids is 1. The van der Waals surface area contributed by atoms with Crippen LogP contribution in [0.5, 0.6) is 0 Å². The molecule has 0 bridgehead atoms. The monoisotopic (exact) mass is 411 g/mol. The lowest BCUT2D eigenvalue weighted by molar-refractivity contribution is -0.117. The molecule has 0 spiro atoms. The lowest BCUT2D eigenvalue weighted by Crippen LogP contribution is -2.46. The molecule has 3 rings (SSSR count). The van der Waals surface area contributed by atoms with Gasteiger partial charge in [0.15, 0.2) is 0 Å². The van der Waals surface area contributed by atoms with Crippen LogP contribution in [0.1, 0.15) is 19.4 Å². The maximum Gasteiger partial charge on any atom is 0.267 e. The lowest BCUT2D eigenvalue weighted by Gasteiger charge is -2.36. The first kappa shape index (κ1) is 21.5. The molecule has 9 nitrogen and oxygen atoms in total. The highest BCUT2D eigenvalue weighted by Crippen LogP contribution is 2.23. The number of aromatic nitrogens is 2. The Balaban J connectivity index is 2.11. The summed E-state index contributed by atoms with van der Waals surface area (Å²) in [5.74, 6) is -0.132. The van der Waals surface area contributed by atoms with Crippen LogP contribution in [0.2, 0.25) is 0 Å². The molecule has 2 atom stereocenters. The predicted molar refractivity (Wildman–Crippen MR) is 112 cm³/mol. The van der Waals surface area contributed by atoms with Crippen molar-refractivity contribution in [1.29, 1.82) is 5.26 Å². The molecule has 1 aliphatic heterocycles. The highest BCUT2D eigenvalue weighted by atomic mass is 16.5. The Labute approximate surface area is 174 Å². The van der Waals surface area contributed by atoms with Crippen molar-refractivity contribution in [2.75, 3.05) is 38.3 Å². The number of nitrogens with zero attached hydrogens (tertiary/aromatic N) is 4. The smallest absolute Gasteiger partial charge is 0.267 e. The molecule has 0 radical (unpaired) electrons. The van der Waals surface area contributed by atoms with E-state index in [2.05, 4.69) is 10.3 Å². The van der Waals surface area contributed by atoms with Crippen LogP contribution < -0.4 is 15.8 Å². The van der Waals surface area contributed by atoms with Gasteiger partial charge in [-0.25, -0.2) is 4.98 Å². The molecule has 2 aromatic heterocycles. The van der Waals surface area contributed by atoms with E-state index in [9.17, 15) is 14.9 Å². The summed E-state index contributed by atoms with van der Waals surface area (Å²) in [4.78, 5) is 32.3. The summed E-state index contributed by atoms with van der Waals surface area (Å²) in [6, 6.07) is 7.16. The van der Waals surface area contributed by atoms with Crippen molar-refractivity contribution in [3.63, 3.8) is 0 Å². The van der Waals surface area contributed by atoms with Crippen LogP contribution in [0, 0.1) is 11.3 Å². The fraction of sp³-hybridized carbons (Fsp3) is 0.429. The Kier molecular flexibility index (Phi) is 6.82. The van der Waals surface area contributed by atoms with Gasteiger partial charge in [0.05, 0.1) is 24.4 Å². The van der Waals surface area contributed by atoms with E-state index in [0.29, 0.717) is 31.2 Å². The van der Waals surface area contributed by atoms with Gasteiger partial charge in [-0.15, -0.1) is 0 Å². The van der Waals surface area contributed by atoms with E-state index < -0.39 is 5.91 Å². The minimum Gasteiger partial charge on any atom is -0.383 e. The second-order valence-electron chi connectivity index (χ2n) is 7.16. The van der Waals surface area contributed by atoms with Crippen molar-refractivity contribution in [3.05, 3.63) is 45.9 Å². The van der Waals surface area contributed by atoms with E-state index in [1.807, 2.05) is 24.8 Å². The Morgan fingerprint density at radius 1 is 1.40 bits per heavy atom. The van der Waals surface area contributed by atoms with Crippen LogP contribution in [0.4, 0.5) is 5.82 Å². The van der Waals surface area contributed by atoms with Crippen molar-refractivity contribution >= 4 is 23.4 Å². The zero-order valence-corrected chi connectivity index (χ0v) is 17.3. The first-order valence-electron chi connectivity index (χ1n) is 9.75. The molecule has 0 aromatic carbocycles. The number of anilines is 1.